The normalized spacial score (nSPS) is 14.7. The molecule has 1 fully saturated rings. The first kappa shape index (κ1) is 15.2. The molecule has 0 radical (unpaired) electrons. The van der Waals surface area contributed by atoms with Crippen LogP contribution in [0.1, 0.15) is 0 Å². The van der Waals surface area contributed by atoms with Gasteiger partial charge in [0.1, 0.15) is 11.6 Å². The number of pyridine rings is 1. The standard InChI is InChI=1S/C16H16F2N4O/c17-12-1-2-15(14(18)11-12)20-16(23)22-9-7-21(8-10-22)13-3-5-19-6-4-13/h1-6,11H,7-10H2,(H,20,23). The van der Waals surface area contributed by atoms with Crippen LogP contribution in [0.4, 0.5) is 25.0 Å². The van der Waals surface area contributed by atoms with E-state index >= 15 is 0 Å². The minimum atomic E-state index is -0.784. The Labute approximate surface area is 132 Å². The van der Waals surface area contributed by atoms with Crippen molar-refractivity contribution in [1.29, 1.82) is 0 Å². The Morgan fingerprint density at radius 3 is 2.39 bits per heavy atom. The number of carbonyl (C=O) groups excluding carboxylic acids is 1. The van der Waals surface area contributed by atoms with E-state index in [0.717, 1.165) is 17.8 Å². The first-order chi connectivity index (χ1) is 11.1. The van der Waals surface area contributed by atoms with Crippen LogP contribution in [0.2, 0.25) is 0 Å². The summed E-state index contributed by atoms with van der Waals surface area (Å²) in [5, 5.41) is 2.48. The highest BCUT2D eigenvalue weighted by molar-refractivity contribution is 5.89. The maximum atomic E-state index is 13.6. The Balaban J connectivity index is 1.58. The van der Waals surface area contributed by atoms with Crippen LogP contribution < -0.4 is 10.2 Å². The number of rotatable bonds is 2. The van der Waals surface area contributed by atoms with Crippen LogP contribution in [-0.2, 0) is 0 Å². The second-order valence-electron chi connectivity index (χ2n) is 5.23. The summed E-state index contributed by atoms with van der Waals surface area (Å²) in [5.41, 5.74) is 1.04. The Morgan fingerprint density at radius 1 is 1.04 bits per heavy atom. The van der Waals surface area contributed by atoms with Crippen molar-refractivity contribution in [2.75, 3.05) is 36.4 Å². The lowest BCUT2D eigenvalue weighted by Crippen LogP contribution is -2.50. The zero-order valence-corrected chi connectivity index (χ0v) is 12.4. The van der Waals surface area contributed by atoms with Gasteiger partial charge in [-0.1, -0.05) is 0 Å². The Bertz CT molecular complexity index is 688. The summed E-state index contributed by atoms with van der Waals surface area (Å²) >= 11 is 0. The van der Waals surface area contributed by atoms with Crippen molar-refractivity contribution in [3.8, 4) is 0 Å². The number of urea groups is 1. The smallest absolute Gasteiger partial charge is 0.322 e. The van der Waals surface area contributed by atoms with Gasteiger partial charge in [-0.05, 0) is 24.3 Å². The van der Waals surface area contributed by atoms with E-state index in [2.05, 4.69) is 15.2 Å². The second kappa shape index (κ2) is 6.60. The van der Waals surface area contributed by atoms with E-state index < -0.39 is 11.6 Å². The summed E-state index contributed by atoms with van der Waals surface area (Å²) in [4.78, 5) is 19.9. The summed E-state index contributed by atoms with van der Waals surface area (Å²) in [6.07, 6.45) is 3.46. The molecule has 0 bridgehead atoms. The molecule has 0 unspecified atom stereocenters. The molecule has 0 atom stereocenters. The molecular weight excluding hydrogens is 302 g/mol. The largest absolute Gasteiger partial charge is 0.368 e. The van der Waals surface area contributed by atoms with E-state index in [4.69, 9.17) is 0 Å². The number of piperazine rings is 1. The molecule has 2 heterocycles. The predicted octanol–water partition coefficient (Wildman–Crippen LogP) is 2.71. The minimum Gasteiger partial charge on any atom is -0.368 e. The number of hydrogen-bond acceptors (Lipinski definition) is 3. The highest BCUT2D eigenvalue weighted by atomic mass is 19.1. The van der Waals surface area contributed by atoms with Gasteiger partial charge in [0.2, 0.25) is 0 Å². The molecule has 1 aromatic carbocycles. The Morgan fingerprint density at radius 2 is 1.74 bits per heavy atom. The highest BCUT2D eigenvalue weighted by Crippen LogP contribution is 2.18. The molecule has 7 heteroatoms. The zero-order chi connectivity index (χ0) is 16.2. The van der Waals surface area contributed by atoms with Crippen LogP contribution in [-0.4, -0.2) is 42.1 Å². The summed E-state index contributed by atoms with van der Waals surface area (Å²) < 4.78 is 26.4. The lowest BCUT2D eigenvalue weighted by Gasteiger charge is -2.36. The number of nitrogens with zero attached hydrogens (tertiary/aromatic N) is 3. The predicted molar refractivity (Wildman–Crippen MR) is 83.4 cm³/mol. The second-order valence-corrected chi connectivity index (χ2v) is 5.23. The minimum absolute atomic E-state index is 0.0204. The topological polar surface area (TPSA) is 48.5 Å². The number of hydrogen-bond donors (Lipinski definition) is 1. The van der Waals surface area contributed by atoms with Gasteiger partial charge in [-0.3, -0.25) is 4.98 Å². The molecule has 0 spiro atoms. The summed E-state index contributed by atoms with van der Waals surface area (Å²) in [6, 6.07) is 6.53. The van der Waals surface area contributed by atoms with Crippen molar-refractivity contribution in [1.82, 2.24) is 9.88 Å². The molecular formula is C16H16F2N4O. The van der Waals surface area contributed by atoms with Crippen LogP contribution in [0.5, 0.6) is 0 Å². The third-order valence-corrected chi connectivity index (χ3v) is 3.77. The van der Waals surface area contributed by atoms with Gasteiger partial charge in [-0.25, -0.2) is 13.6 Å². The maximum Gasteiger partial charge on any atom is 0.322 e. The first-order valence-electron chi connectivity index (χ1n) is 7.29. The fourth-order valence-corrected chi connectivity index (χ4v) is 2.51. The fraction of sp³-hybridized carbons (Fsp3) is 0.250. The van der Waals surface area contributed by atoms with Gasteiger partial charge < -0.3 is 15.1 Å². The third-order valence-electron chi connectivity index (χ3n) is 3.77. The SMILES string of the molecule is O=C(Nc1ccc(F)cc1F)N1CCN(c2ccncc2)CC1. The highest BCUT2D eigenvalue weighted by Gasteiger charge is 2.22. The molecule has 120 valence electrons. The van der Waals surface area contributed by atoms with Gasteiger partial charge in [0, 0.05) is 50.3 Å². The summed E-state index contributed by atoms with van der Waals surface area (Å²) in [5.74, 6) is -1.46. The maximum absolute atomic E-state index is 13.6. The Hall–Kier alpha value is -2.70. The molecule has 1 N–H and O–H groups in total. The number of amides is 2. The molecule has 2 aromatic rings. The molecule has 5 nitrogen and oxygen atoms in total. The van der Waals surface area contributed by atoms with Crippen LogP contribution in [0, 0.1) is 11.6 Å². The molecule has 3 rings (SSSR count). The molecule has 2 amide bonds. The van der Waals surface area contributed by atoms with E-state index in [1.165, 1.54) is 6.07 Å². The average Bonchev–Trinajstić information content (AvgIpc) is 2.58. The van der Waals surface area contributed by atoms with E-state index in [0.29, 0.717) is 26.2 Å². The number of benzene rings is 1. The monoisotopic (exact) mass is 318 g/mol. The van der Waals surface area contributed by atoms with E-state index in [-0.39, 0.29) is 11.7 Å². The zero-order valence-electron chi connectivity index (χ0n) is 12.4. The number of aromatic nitrogens is 1. The van der Waals surface area contributed by atoms with Crippen LogP contribution in [0.25, 0.3) is 0 Å². The number of anilines is 2. The molecule has 1 aromatic heterocycles. The van der Waals surface area contributed by atoms with Gasteiger partial charge in [-0.2, -0.15) is 0 Å². The van der Waals surface area contributed by atoms with Crippen molar-refractivity contribution in [3.63, 3.8) is 0 Å². The molecule has 23 heavy (non-hydrogen) atoms. The van der Waals surface area contributed by atoms with Gasteiger partial charge in [0.25, 0.3) is 0 Å². The first-order valence-corrected chi connectivity index (χ1v) is 7.29. The van der Waals surface area contributed by atoms with Crippen molar-refractivity contribution in [2.45, 2.75) is 0 Å². The summed E-state index contributed by atoms with van der Waals surface area (Å²) in [7, 11) is 0. The van der Waals surface area contributed by atoms with Crippen LogP contribution in [0.3, 0.4) is 0 Å². The van der Waals surface area contributed by atoms with Gasteiger partial charge in [0.15, 0.2) is 0 Å². The molecule has 1 aliphatic rings. The van der Waals surface area contributed by atoms with Gasteiger partial charge in [-0.15, -0.1) is 0 Å². The van der Waals surface area contributed by atoms with E-state index in [1.807, 2.05) is 12.1 Å². The van der Waals surface area contributed by atoms with E-state index in [1.54, 1.807) is 17.3 Å². The molecule has 0 aliphatic carbocycles. The lowest BCUT2D eigenvalue weighted by molar-refractivity contribution is 0.208. The quantitative estimate of drug-likeness (QED) is 0.926. The van der Waals surface area contributed by atoms with Gasteiger partial charge >= 0.3 is 6.03 Å². The van der Waals surface area contributed by atoms with Crippen molar-refractivity contribution in [2.24, 2.45) is 0 Å². The number of nitrogens with one attached hydrogen (secondary N) is 1. The van der Waals surface area contributed by atoms with Crippen molar-refractivity contribution in [3.05, 3.63) is 54.4 Å². The third kappa shape index (κ3) is 3.56. The fourth-order valence-electron chi connectivity index (χ4n) is 2.51. The molecule has 1 aliphatic heterocycles. The number of carbonyl (C=O) groups is 1. The molecule has 0 saturated carbocycles. The lowest BCUT2D eigenvalue weighted by atomic mass is 10.2. The average molecular weight is 318 g/mol. The Kier molecular flexibility index (Phi) is 4.36. The van der Waals surface area contributed by atoms with Crippen LogP contribution >= 0.6 is 0 Å². The van der Waals surface area contributed by atoms with Crippen molar-refractivity contribution >= 4 is 17.4 Å². The summed E-state index contributed by atoms with van der Waals surface area (Å²) in [6.45, 7) is 2.42. The molecule has 1 saturated heterocycles. The van der Waals surface area contributed by atoms with E-state index in [9.17, 15) is 13.6 Å². The van der Waals surface area contributed by atoms with Gasteiger partial charge in [0.05, 0.1) is 5.69 Å². The number of halogens is 2. The van der Waals surface area contributed by atoms with Crippen LogP contribution in [0.15, 0.2) is 42.7 Å². The van der Waals surface area contributed by atoms with Crippen molar-refractivity contribution < 1.29 is 13.6 Å².